The standard InChI is InChI=1S/C14H23N5O/c1-17-6-3-4-10-9-19(7-5-12(10)17)14(20)11-8-16-18(2)13(11)15/h8,10,12H,3-7,9,15H2,1-2H3. The summed E-state index contributed by atoms with van der Waals surface area (Å²) in [6, 6.07) is 0.638. The Kier molecular flexibility index (Phi) is 3.41. The van der Waals surface area contributed by atoms with Crippen molar-refractivity contribution in [3.8, 4) is 0 Å². The van der Waals surface area contributed by atoms with Crippen LogP contribution in [0.5, 0.6) is 0 Å². The van der Waals surface area contributed by atoms with Crippen molar-refractivity contribution < 1.29 is 4.79 Å². The first-order valence-corrected chi connectivity index (χ1v) is 7.35. The highest BCUT2D eigenvalue weighted by Gasteiger charge is 2.36. The fourth-order valence-electron chi connectivity index (χ4n) is 3.62. The minimum atomic E-state index is 0.0299. The zero-order valence-corrected chi connectivity index (χ0v) is 12.2. The van der Waals surface area contributed by atoms with E-state index in [1.807, 2.05) is 4.90 Å². The molecule has 2 unspecified atom stereocenters. The van der Waals surface area contributed by atoms with Crippen LogP contribution in [0.2, 0.25) is 0 Å². The van der Waals surface area contributed by atoms with E-state index in [2.05, 4.69) is 17.0 Å². The van der Waals surface area contributed by atoms with Gasteiger partial charge in [0.1, 0.15) is 11.4 Å². The van der Waals surface area contributed by atoms with Crippen molar-refractivity contribution in [2.75, 3.05) is 32.4 Å². The van der Waals surface area contributed by atoms with E-state index in [4.69, 9.17) is 5.73 Å². The lowest BCUT2D eigenvalue weighted by atomic mass is 9.84. The molecule has 6 heteroatoms. The van der Waals surface area contributed by atoms with Gasteiger partial charge in [-0.3, -0.25) is 9.48 Å². The first kappa shape index (κ1) is 13.4. The monoisotopic (exact) mass is 277 g/mol. The molecule has 2 fully saturated rings. The first-order chi connectivity index (χ1) is 9.58. The molecule has 2 aliphatic rings. The Morgan fingerprint density at radius 1 is 1.35 bits per heavy atom. The number of likely N-dealkylation sites (tertiary alicyclic amines) is 2. The van der Waals surface area contributed by atoms with Crippen molar-refractivity contribution in [1.82, 2.24) is 19.6 Å². The van der Waals surface area contributed by atoms with Gasteiger partial charge < -0.3 is 15.5 Å². The second-order valence-corrected chi connectivity index (χ2v) is 6.06. The fraction of sp³-hybridized carbons (Fsp3) is 0.714. The van der Waals surface area contributed by atoms with Crippen LogP contribution in [0.1, 0.15) is 29.6 Å². The second kappa shape index (κ2) is 5.09. The third-order valence-electron chi connectivity index (χ3n) is 4.85. The first-order valence-electron chi connectivity index (χ1n) is 7.35. The minimum absolute atomic E-state index is 0.0299. The van der Waals surface area contributed by atoms with Gasteiger partial charge in [0.2, 0.25) is 0 Å². The summed E-state index contributed by atoms with van der Waals surface area (Å²) in [6.45, 7) is 2.85. The van der Waals surface area contributed by atoms with Crippen LogP contribution in [0.4, 0.5) is 5.82 Å². The number of amides is 1. The summed E-state index contributed by atoms with van der Waals surface area (Å²) in [7, 11) is 3.96. The number of hydrogen-bond donors (Lipinski definition) is 1. The van der Waals surface area contributed by atoms with Gasteiger partial charge in [-0.2, -0.15) is 5.10 Å². The topological polar surface area (TPSA) is 67.4 Å². The second-order valence-electron chi connectivity index (χ2n) is 6.06. The molecule has 3 heterocycles. The van der Waals surface area contributed by atoms with Crippen LogP contribution in [0.25, 0.3) is 0 Å². The zero-order chi connectivity index (χ0) is 14.3. The third kappa shape index (κ3) is 2.18. The molecular weight excluding hydrogens is 254 g/mol. The lowest BCUT2D eigenvalue weighted by Crippen LogP contribution is -2.53. The maximum Gasteiger partial charge on any atom is 0.259 e. The lowest BCUT2D eigenvalue weighted by Gasteiger charge is -2.45. The highest BCUT2D eigenvalue weighted by molar-refractivity contribution is 5.98. The number of nitrogens with zero attached hydrogens (tertiary/aromatic N) is 4. The Balaban J connectivity index is 1.73. The SMILES string of the molecule is CN1CCCC2CN(C(=O)c3cnn(C)c3N)CCC21. The summed E-state index contributed by atoms with van der Waals surface area (Å²) in [5.41, 5.74) is 6.45. The molecule has 0 spiro atoms. The van der Waals surface area contributed by atoms with Crippen molar-refractivity contribution in [2.24, 2.45) is 13.0 Å². The van der Waals surface area contributed by atoms with E-state index in [9.17, 15) is 4.79 Å². The van der Waals surface area contributed by atoms with Gasteiger partial charge in [0.25, 0.3) is 5.91 Å². The molecule has 2 N–H and O–H groups in total. The van der Waals surface area contributed by atoms with Crippen LogP contribution in [0, 0.1) is 5.92 Å². The molecule has 0 radical (unpaired) electrons. The minimum Gasteiger partial charge on any atom is -0.383 e. The molecule has 2 atom stereocenters. The van der Waals surface area contributed by atoms with Crippen LogP contribution in [0.15, 0.2) is 6.20 Å². The van der Waals surface area contributed by atoms with Gasteiger partial charge in [-0.1, -0.05) is 0 Å². The number of rotatable bonds is 1. The quantitative estimate of drug-likeness (QED) is 0.814. The van der Waals surface area contributed by atoms with E-state index < -0.39 is 0 Å². The normalized spacial score (nSPS) is 27.4. The van der Waals surface area contributed by atoms with Crippen LogP contribution in [0.3, 0.4) is 0 Å². The van der Waals surface area contributed by atoms with E-state index in [0.29, 0.717) is 23.3 Å². The summed E-state index contributed by atoms with van der Waals surface area (Å²) in [5, 5.41) is 4.06. The highest BCUT2D eigenvalue weighted by atomic mass is 16.2. The molecule has 1 aromatic heterocycles. The van der Waals surface area contributed by atoms with Crippen LogP contribution >= 0.6 is 0 Å². The summed E-state index contributed by atoms with van der Waals surface area (Å²) >= 11 is 0. The molecule has 0 aliphatic carbocycles. The molecule has 1 amide bonds. The number of nitrogen functional groups attached to an aromatic ring is 1. The van der Waals surface area contributed by atoms with Crippen molar-refractivity contribution in [2.45, 2.75) is 25.3 Å². The summed E-state index contributed by atoms with van der Waals surface area (Å²) in [6.07, 6.45) is 5.10. The fourth-order valence-corrected chi connectivity index (χ4v) is 3.62. The van der Waals surface area contributed by atoms with Gasteiger partial charge in [-0.05, 0) is 38.8 Å². The van der Waals surface area contributed by atoms with Gasteiger partial charge >= 0.3 is 0 Å². The van der Waals surface area contributed by atoms with Crippen molar-refractivity contribution >= 4 is 11.7 Å². The van der Waals surface area contributed by atoms with E-state index in [-0.39, 0.29) is 5.91 Å². The van der Waals surface area contributed by atoms with Crippen molar-refractivity contribution in [3.63, 3.8) is 0 Å². The smallest absolute Gasteiger partial charge is 0.259 e. The zero-order valence-electron chi connectivity index (χ0n) is 12.2. The number of piperidine rings is 2. The Bertz CT molecular complexity index is 512. The summed E-state index contributed by atoms with van der Waals surface area (Å²) in [5.74, 6) is 1.09. The largest absolute Gasteiger partial charge is 0.383 e. The van der Waals surface area contributed by atoms with Crippen molar-refractivity contribution in [1.29, 1.82) is 0 Å². The van der Waals surface area contributed by atoms with Gasteiger partial charge in [-0.25, -0.2) is 0 Å². The molecular formula is C14H23N5O. The highest BCUT2D eigenvalue weighted by Crippen LogP contribution is 2.30. The average Bonchev–Trinajstić information content (AvgIpc) is 2.78. The molecule has 2 aliphatic heterocycles. The summed E-state index contributed by atoms with van der Waals surface area (Å²) < 4.78 is 1.55. The predicted octanol–water partition coefficient (Wildman–Crippen LogP) is 0.559. The number of fused-ring (bicyclic) bond motifs is 1. The maximum atomic E-state index is 12.6. The van der Waals surface area contributed by atoms with E-state index in [1.165, 1.54) is 19.4 Å². The van der Waals surface area contributed by atoms with Gasteiger partial charge in [0.05, 0.1) is 6.20 Å². The number of nitrogens with two attached hydrogens (primary N) is 1. The van der Waals surface area contributed by atoms with Gasteiger partial charge in [-0.15, -0.1) is 0 Å². The maximum absolute atomic E-state index is 12.6. The molecule has 0 saturated carbocycles. The Morgan fingerprint density at radius 3 is 2.85 bits per heavy atom. The van der Waals surface area contributed by atoms with Gasteiger partial charge in [0.15, 0.2) is 0 Å². The molecule has 0 aromatic carbocycles. The number of carbonyl (C=O) groups is 1. The number of aryl methyl sites for hydroxylation is 1. The molecule has 110 valence electrons. The Hall–Kier alpha value is -1.56. The summed E-state index contributed by atoms with van der Waals surface area (Å²) in [4.78, 5) is 17.0. The molecule has 0 bridgehead atoms. The Labute approximate surface area is 119 Å². The van der Waals surface area contributed by atoms with E-state index in [1.54, 1.807) is 17.9 Å². The molecule has 3 rings (SSSR count). The number of carbonyl (C=O) groups excluding carboxylic acids is 1. The molecule has 6 nitrogen and oxygen atoms in total. The number of anilines is 1. The van der Waals surface area contributed by atoms with Crippen LogP contribution in [-0.4, -0.2) is 58.2 Å². The third-order valence-corrected chi connectivity index (χ3v) is 4.85. The van der Waals surface area contributed by atoms with E-state index >= 15 is 0 Å². The van der Waals surface area contributed by atoms with Crippen molar-refractivity contribution in [3.05, 3.63) is 11.8 Å². The predicted molar refractivity (Wildman–Crippen MR) is 77.3 cm³/mol. The molecule has 2 saturated heterocycles. The molecule has 1 aromatic rings. The van der Waals surface area contributed by atoms with E-state index in [0.717, 1.165) is 19.5 Å². The van der Waals surface area contributed by atoms with Gasteiger partial charge in [0, 0.05) is 26.2 Å². The van der Waals surface area contributed by atoms with Crippen LogP contribution < -0.4 is 5.73 Å². The lowest BCUT2D eigenvalue weighted by molar-refractivity contribution is 0.0317. The number of hydrogen-bond acceptors (Lipinski definition) is 4. The molecule has 20 heavy (non-hydrogen) atoms. The average molecular weight is 277 g/mol. The van der Waals surface area contributed by atoms with Crippen LogP contribution in [-0.2, 0) is 7.05 Å². The Morgan fingerprint density at radius 2 is 2.15 bits per heavy atom. The number of aromatic nitrogens is 2.